The predicted octanol–water partition coefficient (Wildman–Crippen LogP) is 3.15. The standard InChI is InChI=1S/C23H37N3O4/c1-30-21(22(27)28)23(29)11-5-20(6-12-23)26-16-9-18(10-17-26)4-2-3-13-25-19-7-14-24-15-8-19/h7-8,14-15,18,20-21,29H,2-6,9-13,16-17H2,1H3,(H,24,25)(H,27,28). The number of aromatic nitrogens is 1. The SMILES string of the molecule is COC(C(=O)O)C1(O)CCC(N2CCC(CCCCNc3ccncc3)CC2)CC1. The van der Waals surface area contributed by atoms with E-state index in [1.807, 2.05) is 24.5 Å². The van der Waals surface area contributed by atoms with Crippen LogP contribution >= 0.6 is 0 Å². The van der Waals surface area contributed by atoms with Gasteiger partial charge in [-0.15, -0.1) is 0 Å². The summed E-state index contributed by atoms with van der Waals surface area (Å²) in [6, 6.07) is 4.46. The number of pyridine rings is 1. The zero-order valence-electron chi connectivity index (χ0n) is 18.1. The first-order chi connectivity index (χ1) is 14.5. The molecule has 1 aliphatic heterocycles. The number of anilines is 1. The van der Waals surface area contributed by atoms with Crippen LogP contribution in [-0.2, 0) is 9.53 Å². The second kappa shape index (κ2) is 11.1. The molecule has 1 aromatic heterocycles. The zero-order chi connectivity index (χ0) is 21.4. The van der Waals surface area contributed by atoms with Crippen molar-refractivity contribution in [3.8, 4) is 0 Å². The van der Waals surface area contributed by atoms with Crippen molar-refractivity contribution in [3.05, 3.63) is 24.5 Å². The van der Waals surface area contributed by atoms with E-state index in [1.54, 1.807) is 0 Å². The maximum Gasteiger partial charge on any atom is 0.335 e. The zero-order valence-corrected chi connectivity index (χ0v) is 18.1. The van der Waals surface area contributed by atoms with Gasteiger partial charge in [-0.2, -0.15) is 0 Å². The first-order valence-electron chi connectivity index (χ1n) is 11.4. The number of hydrogen-bond donors (Lipinski definition) is 3. The van der Waals surface area contributed by atoms with E-state index in [0.717, 1.165) is 44.1 Å². The van der Waals surface area contributed by atoms with Crippen molar-refractivity contribution in [1.29, 1.82) is 0 Å². The Morgan fingerprint density at radius 1 is 1.23 bits per heavy atom. The van der Waals surface area contributed by atoms with Crippen molar-refractivity contribution >= 4 is 11.7 Å². The number of aliphatic hydroxyl groups is 1. The fourth-order valence-electron chi connectivity index (χ4n) is 5.15. The summed E-state index contributed by atoms with van der Waals surface area (Å²) >= 11 is 0. The van der Waals surface area contributed by atoms with E-state index < -0.39 is 17.7 Å². The van der Waals surface area contributed by atoms with E-state index in [0.29, 0.717) is 18.9 Å². The van der Waals surface area contributed by atoms with Crippen molar-refractivity contribution in [2.24, 2.45) is 5.92 Å². The number of carbonyl (C=O) groups is 1. The van der Waals surface area contributed by atoms with Crippen molar-refractivity contribution in [3.63, 3.8) is 0 Å². The average molecular weight is 420 g/mol. The lowest BCUT2D eigenvalue weighted by Gasteiger charge is -2.44. The molecule has 2 heterocycles. The molecule has 3 N–H and O–H groups in total. The molecule has 1 saturated carbocycles. The molecule has 0 bridgehead atoms. The molecule has 1 unspecified atom stereocenters. The van der Waals surface area contributed by atoms with Gasteiger partial charge < -0.3 is 25.2 Å². The van der Waals surface area contributed by atoms with Gasteiger partial charge in [0, 0.05) is 37.8 Å². The molecule has 168 valence electrons. The summed E-state index contributed by atoms with van der Waals surface area (Å²) < 4.78 is 5.06. The average Bonchev–Trinajstić information content (AvgIpc) is 2.75. The Balaban J connectivity index is 1.31. The van der Waals surface area contributed by atoms with Crippen molar-refractivity contribution in [2.75, 3.05) is 32.1 Å². The molecule has 2 fully saturated rings. The first-order valence-corrected chi connectivity index (χ1v) is 11.4. The maximum atomic E-state index is 11.4. The third-order valence-electron chi connectivity index (χ3n) is 6.98. The number of aliphatic carboxylic acids is 1. The summed E-state index contributed by atoms with van der Waals surface area (Å²) in [4.78, 5) is 17.9. The lowest BCUT2D eigenvalue weighted by atomic mass is 9.77. The number of methoxy groups -OCH3 is 1. The van der Waals surface area contributed by atoms with Crippen molar-refractivity contribution in [2.45, 2.75) is 75.5 Å². The molecule has 0 amide bonds. The van der Waals surface area contributed by atoms with Crippen LogP contribution in [-0.4, -0.2) is 70.6 Å². The lowest BCUT2D eigenvalue weighted by Crippen LogP contribution is -2.53. The van der Waals surface area contributed by atoms with Gasteiger partial charge in [-0.1, -0.05) is 12.8 Å². The number of carboxylic acids is 1. The Labute approximate surface area is 179 Å². The second-order valence-electron chi connectivity index (χ2n) is 8.93. The smallest absolute Gasteiger partial charge is 0.335 e. The molecule has 1 aliphatic carbocycles. The first kappa shape index (κ1) is 23.0. The van der Waals surface area contributed by atoms with Crippen LogP contribution in [0.2, 0.25) is 0 Å². The molecule has 7 heteroatoms. The summed E-state index contributed by atoms with van der Waals surface area (Å²) in [5, 5.41) is 23.5. The van der Waals surface area contributed by atoms with Crippen LogP contribution < -0.4 is 5.32 Å². The minimum atomic E-state index is -1.24. The Bertz CT molecular complexity index is 641. The highest BCUT2D eigenvalue weighted by Gasteiger charge is 2.45. The number of likely N-dealkylation sites (tertiary alicyclic amines) is 1. The normalized spacial score (nSPS) is 26.9. The molecule has 2 aliphatic rings. The van der Waals surface area contributed by atoms with Crippen molar-refractivity contribution in [1.82, 2.24) is 9.88 Å². The molecule has 1 aromatic rings. The van der Waals surface area contributed by atoms with Crippen LogP contribution in [0.15, 0.2) is 24.5 Å². The molecule has 0 aromatic carbocycles. The Morgan fingerprint density at radius 2 is 1.90 bits per heavy atom. The van der Waals surface area contributed by atoms with Gasteiger partial charge in [-0.25, -0.2) is 4.79 Å². The molecule has 0 spiro atoms. The number of unbranched alkanes of at least 4 members (excludes halogenated alkanes) is 1. The highest BCUT2D eigenvalue weighted by molar-refractivity contribution is 5.74. The fraction of sp³-hybridized carbons (Fsp3) is 0.739. The van der Waals surface area contributed by atoms with Gasteiger partial charge in [0.2, 0.25) is 0 Å². The van der Waals surface area contributed by atoms with E-state index in [2.05, 4.69) is 15.2 Å². The van der Waals surface area contributed by atoms with E-state index in [9.17, 15) is 15.0 Å². The number of carboxylic acid groups (broad SMARTS) is 1. The van der Waals surface area contributed by atoms with Gasteiger partial charge in [0.1, 0.15) is 5.60 Å². The summed E-state index contributed by atoms with van der Waals surface area (Å²) in [6.07, 6.45) is 11.4. The molecule has 0 radical (unpaired) electrons. The van der Waals surface area contributed by atoms with Crippen LogP contribution in [0.1, 0.15) is 57.8 Å². The number of hydrogen-bond acceptors (Lipinski definition) is 6. The third-order valence-corrected chi connectivity index (χ3v) is 6.98. The summed E-state index contributed by atoms with van der Waals surface area (Å²) in [5.74, 6) is -0.261. The molecule has 3 rings (SSSR count). The molecule has 1 atom stereocenters. The molecule has 1 saturated heterocycles. The number of rotatable bonds is 10. The highest BCUT2D eigenvalue weighted by Crippen LogP contribution is 2.36. The highest BCUT2D eigenvalue weighted by atomic mass is 16.5. The summed E-state index contributed by atoms with van der Waals surface area (Å²) in [5.41, 5.74) is -0.0995. The number of piperidine rings is 1. The number of nitrogens with one attached hydrogen (secondary N) is 1. The lowest BCUT2D eigenvalue weighted by molar-refractivity contribution is -0.173. The van der Waals surface area contributed by atoms with E-state index in [-0.39, 0.29) is 0 Å². The van der Waals surface area contributed by atoms with Gasteiger partial charge >= 0.3 is 5.97 Å². The second-order valence-corrected chi connectivity index (χ2v) is 8.93. The Kier molecular flexibility index (Phi) is 8.48. The molecular formula is C23H37N3O4. The van der Waals surface area contributed by atoms with Gasteiger partial charge in [0.15, 0.2) is 6.10 Å². The van der Waals surface area contributed by atoms with Gasteiger partial charge in [0.05, 0.1) is 0 Å². The van der Waals surface area contributed by atoms with E-state index in [1.165, 1.54) is 39.2 Å². The quantitative estimate of drug-likeness (QED) is 0.502. The van der Waals surface area contributed by atoms with Crippen LogP contribution in [0.25, 0.3) is 0 Å². The predicted molar refractivity (Wildman–Crippen MR) is 117 cm³/mol. The third kappa shape index (κ3) is 6.15. The monoisotopic (exact) mass is 419 g/mol. The van der Waals surface area contributed by atoms with Crippen LogP contribution in [0.3, 0.4) is 0 Å². The van der Waals surface area contributed by atoms with E-state index in [4.69, 9.17) is 4.74 Å². The summed E-state index contributed by atoms with van der Waals surface area (Å²) in [6.45, 7) is 3.25. The van der Waals surface area contributed by atoms with Crippen molar-refractivity contribution < 1.29 is 19.7 Å². The Hall–Kier alpha value is -1.70. The summed E-state index contributed by atoms with van der Waals surface area (Å²) in [7, 11) is 1.36. The van der Waals surface area contributed by atoms with Gasteiger partial charge in [0.25, 0.3) is 0 Å². The van der Waals surface area contributed by atoms with Gasteiger partial charge in [-0.05, 0) is 76.1 Å². The molecule has 7 nitrogen and oxygen atoms in total. The maximum absolute atomic E-state index is 11.4. The number of ether oxygens (including phenoxy) is 1. The fourth-order valence-corrected chi connectivity index (χ4v) is 5.15. The minimum absolute atomic E-state index is 0.460. The minimum Gasteiger partial charge on any atom is -0.479 e. The largest absolute Gasteiger partial charge is 0.479 e. The molecular weight excluding hydrogens is 382 g/mol. The van der Waals surface area contributed by atoms with E-state index >= 15 is 0 Å². The Morgan fingerprint density at radius 3 is 2.50 bits per heavy atom. The van der Waals surface area contributed by atoms with Gasteiger partial charge in [-0.3, -0.25) is 4.98 Å². The van der Waals surface area contributed by atoms with Crippen LogP contribution in [0.4, 0.5) is 5.69 Å². The topological polar surface area (TPSA) is 94.9 Å². The van der Waals surface area contributed by atoms with Crippen LogP contribution in [0, 0.1) is 5.92 Å². The molecule has 30 heavy (non-hydrogen) atoms. The van der Waals surface area contributed by atoms with Crippen LogP contribution in [0.5, 0.6) is 0 Å². The number of nitrogens with zero attached hydrogens (tertiary/aromatic N) is 2.